The van der Waals surface area contributed by atoms with Crippen molar-refractivity contribution in [1.29, 1.82) is 0 Å². The first kappa shape index (κ1) is 13.4. The van der Waals surface area contributed by atoms with E-state index >= 15 is 0 Å². The molecular formula is C13H19IO2Si. The highest BCUT2D eigenvalue weighted by Crippen LogP contribution is 2.23. The molecule has 0 saturated carbocycles. The fraction of sp³-hybridized carbons (Fsp3) is 0.538. The lowest BCUT2D eigenvalue weighted by atomic mass is 10.2. The minimum Gasteiger partial charge on any atom is -0.464 e. The predicted octanol–water partition coefficient (Wildman–Crippen LogP) is 2.89. The first-order valence-electron chi connectivity index (χ1n) is 6.24. The quantitative estimate of drug-likeness (QED) is 0.608. The number of ether oxygens (including phenoxy) is 2. The fourth-order valence-electron chi connectivity index (χ4n) is 1.92. The molecule has 17 heavy (non-hydrogen) atoms. The van der Waals surface area contributed by atoms with Gasteiger partial charge in [-0.25, -0.2) is 0 Å². The van der Waals surface area contributed by atoms with Gasteiger partial charge in [0.05, 0.1) is 19.0 Å². The Hall–Kier alpha value is -0.0731. The summed E-state index contributed by atoms with van der Waals surface area (Å²) in [6, 6.07) is 6.56. The van der Waals surface area contributed by atoms with Gasteiger partial charge < -0.3 is 9.47 Å². The molecule has 0 radical (unpaired) electrons. The van der Waals surface area contributed by atoms with Crippen LogP contribution in [0.2, 0.25) is 13.1 Å². The normalized spacial score (nSPS) is 20.6. The lowest BCUT2D eigenvalue weighted by Crippen LogP contribution is -2.26. The molecule has 0 N–H and O–H groups in total. The molecule has 1 heterocycles. The molecule has 1 saturated heterocycles. The first-order chi connectivity index (χ1) is 8.16. The van der Waals surface area contributed by atoms with E-state index in [4.69, 9.17) is 9.47 Å². The van der Waals surface area contributed by atoms with Crippen molar-refractivity contribution in [3.8, 4) is 5.75 Å². The summed E-state index contributed by atoms with van der Waals surface area (Å²) in [5.74, 6) is 0.968. The summed E-state index contributed by atoms with van der Waals surface area (Å²) in [5, 5.41) is 1.49. The van der Waals surface area contributed by atoms with Crippen molar-refractivity contribution in [2.24, 2.45) is 0 Å². The Labute approximate surface area is 118 Å². The molecule has 94 valence electrons. The highest BCUT2D eigenvalue weighted by molar-refractivity contribution is 14.1. The molecular weight excluding hydrogens is 343 g/mol. The second-order valence-corrected chi connectivity index (χ2v) is 8.90. The van der Waals surface area contributed by atoms with Crippen LogP contribution >= 0.6 is 22.6 Å². The molecule has 1 aromatic carbocycles. The van der Waals surface area contributed by atoms with E-state index in [2.05, 4.69) is 53.9 Å². The number of rotatable bonds is 3. The molecule has 1 aliphatic heterocycles. The summed E-state index contributed by atoms with van der Waals surface area (Å²) >= 11 is 2.36. The highest BCUT2D eigenvalue weighted by Gasteiger charge is 2.16. The second-order valence-electron chi connectivity index (χ2n) is 4.76. The van der Waals surface area contributed by atoms with Gasteiger partial charge in [-0.2, -0.15) is 0 Å². The Balaban J connectivity index is 2.05. The third kappa shape index (κ3) is 3.69. The molecule has 0 bridgehead atoms. The Kier molecular flexibility index (Phi) is 4.87. The van der Waals surface area contributed by atoms with E-state index in [1.165, 1.54) is 15.2 Å². The number of benzene rings is 1. The van der Waals surface area contributed by atoms with Gasteiger partial charge in [0.25, 0.3) is 0 Å². The standard InChI is InChI=1S/C13H19IO2Si/c1-17(2)10-6-7-12(11(14)9-10)16-13-5-3-4-8-15-13/h6-7,9,13,17H,3-5,8H2,1-2H3. The van der Waals surface area contributed by atoms with Crippen molar-refractivity contribution < 1.29 is 9.47 Å². The van der Waals surface area contributed by atoms with Crippen LogP contribution in [0.3, 0.4) is 0 Å². The number of hydrogen-bond donors (Lipinski definition) is 0. The van der Waals surface area contributed by atoms with Gasteiger partial charge in [-0.3, -0.25) is 0 Å². The van der Waals surface area contributed by atoms with Crippen molar-refractivity contribution >= 4 is 36.6 Å². The lowest BCUT2D eigenvalue weighted by Gasteiger charge is -2.24. The van der Waals surface area contributed by atoms with E-state index in [1.54, 1.807) is 0 Å². The number of hydrogen-bond acceptors (Lipinski definition) is 2. The van der Waals surface area contributed by atoms with E-state index in [-0.39, 0.29) is 6.29 Å². The van der Waals surface area contributed by atoms with Gasteiger partial charge >= 0.3 is 0 Å². The Bertz CT molecular complexity index is 376. The van der Waals surface area contributed by atoms with Gasteiger partial charge in [-0.1, -0.05) is 24.3 Å². The monoisotopic (exact) mass is 362 g/mol. The molecule has 2 nitrogen and oxygen atoms in total. The van der Waals surface area contributed by atoms with Crippen LogP contribution in [0.4, 0.5) is 0 Å². The van der Waals surface area contributed by atoms with Crippen LogP contribution in [-0.4, -0.2) is 21.7 Å². The van der Waals surface area contributed by atoms with E-state index < -0.39 is 8.80 Å². The van der Waals surface area contributed by atoms with Crippen molar-refractivity contribution in [1.82, 2.24) is 0 Å². The van der Waals surface area contributed by atoms with Crippen LogP contribution in [0.15, 0.2) is 18.2 Å². The minimum atomic E-state index is -0.714. The minimum absolute atomic E-state index is 0.0422. The van der Waals surface area contributed by atoms with Gasteiger partial charge in [0.2, 0.25) is 0 Å². The Morgan fingerprint density at radius 2 is 2.18 bits per heavy atom. The van der Waals surface area contributed by atoms with Crippen LogP contribution < -0.4 is 9.92 Å². The maximum atomic E-state index is 5.91. The van der Waals surface area contributed by atoms with Crippen LogP contribution in [0.25, 0.3) is 0 Å². The zero-order valence-corrected chi connectivity index (χ0v) is 13.7. The van der Waals surface area contributed by atoms with E-state index in [9.17, 15) is 0 Å². The Morgan fingerprint density at radius 1 is 1.35 bits per heavy atom. The van der Waals surface area contributed by atoms with Crippen LogP contribution in [-0.2, 0) is 4.74 Å². The molecule has 2 rings (SSSR count). The molecule has 0 aromatic heterocycles. The average molecular weight is 362 g/mol. The number of halogens is 1. The third-order valence-corrected chi connectivity index (χ3v) is 5.55. The van der Waals surface area contributed by atoms with E-state index in [0.717, 1.165) is 25.2 Å². The topological polar surface area (TPSA) is 18.5 Å². The summed E-state index contributed by atoms with van der Waals surface area (Å²) < 4.78 is 12.7. The molecule has 1 fully saturated rings. The molecule has 0 aliphatic carbocycles. The zero-order chi connectivity index (χ0) is 12.3. The second kappa shape index (κ2) is 6.20. The van der Waals surface area contributed by atoms with Crippen molar-refractivity contribution in [2.75, 3.05) is 6.61 Å². The maximum absolute atomic E-state index is 5.91. The molecule has 0 spiro atoms. The summed E-state index contributed by atoms with van der Waals surface area (Å²) in [5.41, 5.74) is 0. The average Bonchev–Trinajstić information content (AvgIpc) is 2.33. The van der Waals surface area contributed by atoms with Gasteiger partial charge in [-0.15, -0.1) is 0 Å². The van der Waals surface area contributed by atoms with Crippen molar-refractivity contribution in [3.63, 3.8) is 0 Å². The Morgan fingerprint density at radius 3 is 2.76 bits per heavy atom. The molecule has 1 atom stereocenters. The van der Waals surface area contributed by atoms with Crippen molar-refractivity contribution in [3.05, 3.63) is 21.8 Å². The highest BCUT2D eigenvalue weighted by atomic mass is 127. The predicted molar refractivity (Wildman–Crippen MR) is 81.9 cm³/mol. The summed E-state index contributed by atoms with van der Waals surface area (Å²) in [7, 11) is -0.714. The third-order valence-electron chi connectivity index (χ3n) is 3.02. The summed E-state index contributed by atoms with van der Waals surface area (Å²) in [6.45, 7) is 5.52. The van der Waals surface area contributed by atoms with Gasteiger partial charge in [0.15, 0.2) is 6.29 Å². The lowest BCUT2D eigenvalue weighted by molar-refractivity contribution is -0.106. The van der Waals surface area contributed by atoms with Gasteiger partial charge in [-0.05, 0) is 47.6 Å². The molecule has 1 unspecified atom stereocenters. The van der Waals surface area contributed by atoms with Gasteiger partial charge in [0, 0.05) is 6.42 Å². The zero-order valence-electron chi connectivity index (χ0n) is 10.4. The van der Waals surface area contributed by atoms with E-state index in [1.807, 2.05) is 0 Å². The fourth-order valence-corrected chi connectivity index (χ4v) is 3.90. The smallest absolute Gasteiger partial charge is 0.199 e. The first-order valence-corrected chi connectivity index (χ1v) is 10.2. The molecule has 1 aliphatic rings. The molecule has 4 heteroatoms. The molecule has 0 amide bonds. The van der Waals surface area contributed by atoms with Gasteiger partial charge in [0.1, 0.15) is 5.75 Å². The summed E-state index contributed by atoms with van der Waals surface area (Å²) in [4.78, 5) is 0. The van der Waals surface area contributed by atoms with E-state index in [0.29, 0.717) is 0 Å². The maximum Gasteiger partial charge on any atom is 0.199 e. The van der Waals surface area contributed by atoms with Crippen LogP contribution in [0.5, 0.6) is 5.75 Å². The van der Waals surface area contributed by atoms with Crippen LogP contribution in [0, 0.1) is 3.57 Å². The summed E-state index contributed by atoms with van der Waals surface area (Å²) in [6.07, 6.45) is 3.34. The van der Waals surface area contributed by atoms with Crippen LogP contribution in [0.1, 0.15) is 19.3 Å². The molecule has 1 aromatic rings. The van der Waals surface area contributed by atoms with Crippen molar-refractivity contribution in [2.45, 2.75) is 38.6 Å². The SMILES string of the molecule is C[SiH](C)c1ccc(OC2CCCCO2)c(I)c1. The largest absolute Gasteiger partial charge is 0.464 e.